The van der Waals surface area contributed by atoms with Crippen molar-refractivity contribution >= 4 is 5.70 Å². The highest BCUT2D eigenvalue weighted by molar-refractivity contribution is 5.54. The first-order chi connectivity index (χ1) is 5.70. The fourth-order valence-corrected chi connectivity index (χ4v) is 0.754. The summed E-state index contributed by atoms with van der Waals surface area (Å²) < 4.78 is 1.71. The Labute approximate surface area is 72.5 Å². The van der Waals surface area contributed by atoms with Gasteiger partial charge in [-0.2, -0.15) is 5.10 Å². The summed E-state index contributed by atoms with van der Waals surface area (Å²) in [6.07, 6.45) is 7.37. The van der Waals surface area contributed by atoms with Gasteiger partial charge in [0, 0.05) is 12.4 Å². The molecule has 0 N–H and O–H groups in total. The predicted molar refractivity (Wildman–Crippen MR) is 51.5 cm³/mol. The quantitative estimate of drug-likeness (QED) is 0.621. The number of hydrogen-bond acceptors (Lipinski definition) is 1. The van der Waals surface area contributed by atoms with Crippen molar-refractivity contribution in [3.63, 3.8) is 0 Å². The van der Waals surface area contributed by atoms with E-state index in [-0.39, 0.29) is 0 Å². The van der Waals surface area contributed by atoms with Gasteiger partial charge in [-0.15, -0.1) is 0 Å². The van der Waals surface area contributed by atoms with Gasteiger partial charge in [0.1, 0.15) is 0 Å². The van der Waals surface area contributed by atoms with Gasteiger partial charge >= 0.3 is 0 Å². The summed E-state index contributed by atoms with van der Waals surface area (Å²) in [6, 6.07) is 1.86. The molecule has 0 saturated heterocycles. The van der Waals surface area contributed by atoms with E-state index < -0.39 is 0 Å². The van der Waals surface area contributed by atoms with Crippen molar-refractivity contribution in [1.82, 2.24) is 9.78 Å². The molecule has 0 aromatic carbocycles. The SMILES string of the molecule is C=C(C)/C=C\C(=C)n1cccn1. The Morgan fingerprint density at radius 3 is 2.67 bits per heavy atom. The molecule has 0 spiro atoms. The molecule has 0 aliphatic heterocycles. The van der Waals surface area contributed by atoms with Gasteiger partial charge in [-0.3, -0.25) is 0 Å². The summed E-state index contributed by atoms with van der Waals surface area (Å²) in [5, 5.41) is 4.03. The molecule has 2 heteroatoms. The largest absolute Gasteiger partial charge is 0.242 e. The van der Waals surface area contributed by atoms with Crippen LogP contribution < -0.4 is 0 Å². The molecule has 62 valence electrons. The first kappa shape index (κ1) is 8.53. The van der Waals surface area contributed by atoms with Gasteiger partial charge in [0.25, 0.3) is 0 Å². The zero-order valence-electron chi connectivity index (χ0n) is 7.20. The second-order valence-corrected chi connectivity index (χ2v) is 2.62. The Morgan fingerprint density at radius 2 is 2.17 bits per heavy atom. The molecular weight excluding hydrogens is 148 g/mol. The summed E-state index contributed by atoms with van der Waals surface area (Å²) in [7, 11) is 0. The van der Waals surface area contributed by atoms with Crippen molar-refractivity contribution in [3.8, 4) is 0 Å². The lowest BCUT2D eigenvalue weighted by atomic mass is 10.3. The molecule has 1 rings (SSSR count). The zero-order valence-corrected chi connectivity index (χ0v) is 7.20. The Hall–Kier alpha value is -1.57. The van der Waals surface area contributed by atoms with Gasteiger partial charge in [0.2, 0.25) is 0 Å². The number of rotatable bonds is 3. The van der Waals surface area contributed by atoms with Crippen LogP contribution in [0, 0.1) is 0 Å². The van der Waals surface area contributed by atoms with Crippen molar-refractivity contribution in [2.45, 2.75) is 6.92 Å². The fraction of sp³-hybridized carbons (Fsp3) is 0.100. The normalized spacial score (nSPS) is 10.4. The molecule has 1 aromatic rings. The fourth-order valence-electron chi connectivity index (χ4n) is 0.754. The van der Waals surface area contributed by atoms with Crippen molar-refractivity contribution in [2.24, 2.45) is 0 Å². The van der Waals surface area contributed by atoms with Gasteiger partial charge < -0.3 is 0 Å². The molecule has 0 aliphatic carbocycles. The van der Waals surface area contributed by atoms with Crippen molar-refractivity contribution in [3.05, 3.63) is 49.3 Å². The number of nitrogens with zero attached hydrogens (tertiary/aromatic N) is 2. The van der Waals surface area contributed by atoms with Gasteiger partial charge in [-0.1, -0.05) is 24.8 Å². The van der Waals surface area contributed by atoms with E-state index in [1.165, 1.54) is 0 Å². The highest BCUT2D eigenvalue weighted by Crippen LogP contribution is 2.02. The zero-order chi connectivity index (χ0) is 8.97. The predicted octanol–water partition coefficient (Wildman–Crippen LogP) is 2.49. The summed E-state index contributed by atoms with van der Waals surface area (Å²) in [4.78, 5) is 0. The lowest BCUT2D eigenvalue weighted by molar-refractivity contribution is 0.912. The standard InChI is InChI=1S/C10H12N2/c1-9(2)5-6-10(3)12-8-4-7-11-12/h4-8H,1,3H2,2H3/b6-5-. The van der Waals surface area contributed by atoms with Crippen molar-refractivity contribution in [1.29, 1.82) is 0 Å². The van der Waals surface area contributed by atoms with Crippen LogP contribution in [0.2, 0.25) is 0 Å². The number of aromatic nitrogens is 2. The molecular formula is C10H12N2. The summed E-state index contributed by atoms with van der Waals surface area (Å²) in [5.74, 6) is 0. The molecule has 0 radical (unpaired) electrons. The molecule has 0 bridgehead atoms. The second kappa shape index (κ2) is 3.72. The maximum atomic E-state index is 4.03. The Kier molecular flexibility index (Phi) is 2.64. The average Bonchev–Trinajstić information content (AvgIpc) is 2.51. The van der Waals surface area contributed by atoms with Crippen LogP contribution in [-0.4, -0.2) is 9.78 Å². The van der Waals surface area contributed by atoms with Crippen LogP contribution in [0.4, 0.5) is 0 Å². The summed E-state index contributed by atoms with van der Waals surface area (Å²) in [6.45, 7) is 9.53. The van der Waals surface area contributed by atoms with E-state index >= 15 is 0 Å². The van der Waals surface area contributed by atoms with Crippen LogP contribution in [0.5, 0.6) is 0 Å². The van der Waals surface area contributed by atoms with Crippen LogP contribution in [0.15, 0.2) is 49.3 Å². The van der Waals surface area contributed by atoms with E-state index in [2.05, 4.69) is 18.3 Å². The molecule has 0 aliphatic rings. The van der Waals surface area contributed by atoms with E-state index in [0.29, 0.717) is 0 Å². The summed E-state index contributed by atoms with van der Waals surface area (Å²) >= 11 is 0. The van der Waals surface area contributed by atoms with Gasteiger partial charge in [-0.05, 0) is 19.1 Å². The Bertz CT molecular complexity index is 305. The smallest absolute Gasteiger partial charge is 0.0573 e. The maximum absolute atomic E-state index is 4.03. The number of hydrogen-bond donors (Lipinski definition) is 0. The minimum absolute atomic E-state index is 0.836. The molecule has 1 heterocycles. The van der Waals surface area contributed by atoms with E-state index in [0.717, 1.165) is 11.3 Å². The monoisotopic (exact) mass is 160 g/mol. The van der Waals surface area contributed by atoms with Crippen molar-refractivity contribution in [2.75, 3.05) is 0 Å². The average molecular weight is 160 g/mol. The van der Waals surface area contributed by atoms with Crippen molar-refractivity contribution < 1.29 is 0 Å². The van der Waals surface area contributed by atoms with Gasteiger partial charge in [0.05, 0.1) is 5.70 Å². The van der Waals surface area contributed by atoms with E-state index in [1.807, 2.05) is 31.3 Å². The lowest BCUT2D eigenvalue weighted by Crippen LogP contribution is -1.92. The van der Waals surface area contributed by atoms with Gasteiger partial charge in [-0.25, -0.2) is 4.68 Å². The molecule has 0 saturated carbocycles. The highest BCUT2D eigenvalue weighted by Gasteiger charge is 1.89. The van der Waals surface area contributed by atoms with Crippen LogP contribution in [0.3, 0.4) is 0 Å². The first-order valence-corrected chi connectivity index (χ1v) is 3.72. The third kappa shape index (κ3) is 2.23. The van der Waals surface area contributed by atoms with E-state index in [9.17, 15) is 0 Å². The summed E-state index contributed by atoms with van der Waals surface area (Å²) in [5.41, 5.74) is 1.84. The van der Waals surface area contributed by atoms with Crippen LogP contribution in [0.1, 0.15) is 6.92 Å². The van der Waals surface area contributed by atoms with E-state index in [4.69, 9.17) is 0 Å². The lowest BCUT2D eigenvalue weighted by Gasteiger charge is -1.97. The topological polar surface area (TPSA) is 17.8 Å². The Balaban J connectivity index is 2.68. The molecule has 0 amide bonds. The highest BCUT2D eigenvalue weighted by atomic mass is 15.3. The molecule has 0 unspecified atom stereocenters. The van der Waals surface area contributed by atoms with Crippen LogP contribution in [-0.2, 0) is 0 Å². The molecule has 12 heavy (non-hydrogen) atoms. The van der Waals surface area contributed by atoms with Crippen LogP contribution in [0.25, 0.3) is 5.70 Å². The molecule has 0 atom stereocenters. The third-order valence-corrected chi connectivity index (χ3v) is 1.36. The molecule has 1 aromatic heterocycles. The van der Waals surface area contributed by atoms with Gasteiger partial charge in [0.15, 0.2) is 0 Å². The Morgan fingerprint density at radius 1 is 1.42 bits per heavy atom. The van der Waals surface area contributed by atoms with Crippen LogP contribution >= 0.6 is 0 Å². The third-order valence-electron chi connectivity index (χ3n) is 1.36. The first-order valence-electron chi connectivity index (χ1n) is 3.72. The minimum atomic E-state index is 0.836. The second-order valence-electron chi connectivity index (χ2n) is 2.62. The minimum Gasteiger partial charge on any atom is -0.242 e. The molecule has 0 fully saturated rings. The maximum Gasteiger partial charge on any atom is 0.0573 e. The van der Waals surface area contributed by atoms with E-state index in [1.54, 1.807) is 10.9 Å². The number of allylic oxidation sites excluding steroid dienone is 4. The molecule has 2 nitrogen and oxygen atoms in total.